The van der Waals surface area contributed by atoms with Crippen molar-refractivity contribution in [2.24, 2.45) is 5.10 Å². The molecule has 1 heterocycles. The van der Waals surface area contributed by atoms with Crippen LogP contribution in [0.15, 0.2) is 71.1 Å². The van der Waals surface area contributed by atoms with Crippen molar-refractivity contribution in [2.75, 3.05) is 12.4 Å². The Kier molecular flexibility index (Phi) is 6.91. The fourth-order valence-corrected chi connectivity index (χ4v) is 2.89. The van der Waals surface area contributed by atoms with Gasteiger partial charge in [0.2, 0.25) is 0 Å². The topological polar surface area (TPSA) is 106 Å². The SMILES string of the molecule is COc1ccc(NC(=O)C(=O)N/N=C/c2cccc(OC(=O)c3cccs3)c2)cc1. The number of hydrazone groups is 1. The quantitative estimate of drug-likeness (QED) is 0.208. The molecule has 2 amide bonds. The van der Waals surface area contributed by atoms with Gasteiger partial charge in [0.15, 0.2) is 0 Å². The maximum absolute atomic E-state index is 12.0. The third kappa shape index (κ3) is 5.76. The molecule has 30 heavy (non-hydrogen) atoms. The summed E-state index contributed by atoms with van der Waals surface area (Å²) in [5.74, 6) is -1.29. The Bertz CT molecular complexity index is 1060. The zero-order valence-electron chi connectivity index (χ0n) is 15.8. The van der Waals surface area contributed by atoms with Crippen molar-refractivity contribution in [3.8, 4) is 11.5 Å². The van der Waals surface area contributed by atoms with Crippen molar-refractivity contribution in [1.29, 1.82) is 0 Å². The van der Waals surface area contributed by atoms with E-state index in [1.807, 2.05) is 0 Å². The summed E-state index contributed by atoms with van der Waals surface area (Å²) in [6.45, 7) is 0. The Morgan fingerprint density at radius 1 is 0.967 bits per heavy atom. The first-order chi connectivity index (χ1) is 14.5. The molecule has 0 radical (unpaired) electrons. The zero-order chi connectivity index (χ0) is 21.3. The number of carbonyl (C=O) groups is 3. The van der Waals surface area contributed by atoms with Gasteiger partial charge in [-0.05, 0) is 53.4 Å². The largest absolute Gasteiger partial charge is 0.497 e. The molecule has 2 N–H and O–H groups in total. The minimum Gasteiger partial charge on any atom is -0.497 e. The van der Waals surface area contributed by atoms with Crippen LogP contribution in [0.1, 0.15) is 15.2 Å². The molecule has 0 saturated carbocycles. The van der Waals surface area contributed by atoms with Gasteiger partial charge < -0.3 is 14.8 Å². The summed E-state index contributed by atoms with van der Waals surface area (Å²) in [4.78, 5) is 36.3. The van der Waals surface area contributed by atoms with Crippen LogP contribution in [0, 0.1) is 0 Å². The van der Waals surface area contributed by atoms with E-state index in [4.69, 9.17) is 9.47 Å². The molecule has 3 aromatic rings. The fraction of sp³-hybridized carbons (Fsp3) is 0.0476. The number of esters is 1. The Morgan fingerprint density at radius 2 is 1.77 bits per heavy atom. The minimum absolute atomic E-state index is 0.334. The number of hydrogen-bond donors (Lipinski definition) is 2. The highest BCUT2D eigenvalue weighted by Gasteiger charge is 2.13. The van der Waals surface area contributed by atoms with Crippen LogP contribution in [0.5, 0.6) is 11.5 Å². The number of carbonyl (C=O) groups excluding carboxylic acids is 3. The van der Waals surface area contributed by atoms with E-state index in [2.05, 4.69) is 15.8 Å². The van der Waals surface area contributed by atoms with Crippen LogP contribution < -0.4 is 20.2 Å². The Labute approximate surface area is 176 Å². The number of amides is 2. The molecular formula is C21H17N3O5S. The van der Waals surface area contributed by atoms with E-state index in [0.717, 1.165) is 0 Å². The second-order valence-electron chi connectivity index (χ2n) is 5.82. The van der Waals surface area contributed by atoms with Crippen molar-refractivity contribution >= 4 is 41.0 Å². The van der Waals surface area contributed by atoms with E-state index in [1.165, 1.54) is 24.7 Å². The molecule has 0 aliphatic rings. The van der Waals surface area contributed by atoms with Crippen molar-refractivity contribution in [1.82, 2.24) is 5.43 Å². The molecule has 0 aliphatic heterocycles. The number of ether oxygens (including phenoxy) is 2. The monoisotopic (exact) mass is 423 g/mol. The highest BCUT2D eigenvalue weighted by Crippen LogP contribution is 2.17. The summed E-state index contributed by atoms with van der Waals surface area (Å²) in [5, 5.41) is 7.99. The van der Waals surface area contributed by atoms with E-state index < -0.39 is 17.8 Å². The highest BCUT2D eigenvalue weighted by atomic mass is 32.1. The predicted molar refractivity (Wildman–Crippen MR) is 113 cm³/mol. The van der Waals surface area contributed by atoms with Gasteiger partial charge >= 0.3 is 17.8 Å². The fourth-order valence-electron chi connectivity index (χ4n) is 2.29. The number of benzene rings is 2. The average molecular weight is 423 g/mol. The smallest absolute Gasteiger partial charge is 0.353 e. The normalized spacial score (nSPS) is 10.4. The lowest BCUT2D eigenvalue weighted by Gasteiger charge is -2.05. The number of methoxy groups -OCH3 is 1. The van der Waals surface area contributed by atoms with E-state index in [1.54, 1.807) is 66.0 Å². The van der Waals surface area contributed by atoms with E-state index >= 15 is 0 Å². The first-order valence-electron chi connectivity index (χ1n) is 8.69. The van der Waals surface area contributed by atoms with Crippen LogP contribution in [0.4, 0.5) is 5.69 Å². The molecule has 2 aromatic carbocycles. The van der Waals surface area contributed by atoms with Crippen molar-refractivity contribution in [2.45, 2.75) is 0 Å². The van der Waals surface area contributed by atoms with Gasteiger partial charge in [-0.3, -0.25) is 9.59 Å². The Morgan fingerprint density at radius 3 is 2.47 bits per heavy atom. The lowest BCUT2D eigenvalue weighted by molar-refractivity contribution is -0.136. The first-order valence-corrected chi connectivity index (χ1v) is 9.57. The van der Waals surface area contributed by atoms with Crippen molar-refractivity contribution in [3.63, 3.8) is 0 Å². The third-order valence-electron chi connectivity index (χ3n) is 3.72. The second-order valence-corrected chi connectivity index (χ2v) is 6.77. The summed E-state index contributed by atoms with van der Waals surface area (Å²) in [7, 11) is 1.53. The number of thiophene rings is 1. The number of nitrogens with zero attached hydrogens (tertiary/aromatic N) is 1. The maximum Gasteiger partial charge on any atom is 0.353 e. The van der Waals surface area contributed by atoms with Gasteiger partial charge in [0.1, 0.15) is 16.4 Å². The van der Waals surface area contributed by atoms with Crippen molar-refractivity contribution in [3.05, 3.63) is 76.5 Å². The van der Waals surface area contributed by atoms with Gasteiger partial charge in [0, 0.05) is 5.69 Å². The average Bonchev–Trinajstić information content (AvgIpc) is 3.29. The number of hydrogen-bond acceptors (Lipinski definition) is 7. The van der Waals surface area contributed by atoms with Crippen LogP contribution in [-0.4, -0.2) is 31.1 Å². The molecule has 1 aromatic heterocycles. The molecule has 152 valence electrons. The third-order valence-corrected chi connectivity index (χ3v) is 4.57. The molecule has 0 unspecified atom stereocenters. The van der Waals surface area contributed by atoms with E-state index in [-0.39, 0.29) is 0 Å². The number of anilines is 1. The molecule has 0 aliphatic carbocycles. The summed E-state index contributed by atoms with van der Waals surface area (Å²) < 4.78 is 10.3. The lowest BCUT2D eigenvalue weighted by Crippen LogP contribution is -2.32. The van der Waals surface area contributed by atoms with Gasteiger partial charge in [0.25, 0.3) is 0 Å². The Balaban J connectivity index is 1.53. The summed E-state index contributed by atoms with van der Waals surface area (Å²) in [5.41, 5.74) is 3.16. The molecule has 0 fully saturated rings. The van der Waals surface area contributed by atoms with Crippen molar-refractivity contribution < 1.29 is 23.9 Å². The molecule has 3 rings (SSSR count). The molecular weight excluding hydrogens is 406 g/mol. The van der Waals surface area contributed by atoms with Gasteiger partial charge in [-0.2, -0.15) is 5.10 Å². The van der Waals surface area contributed by atoms with Crippen LogP contribution in [0.2, 0.25) is 0 Å². The number of rotatable bonds is 6. The summed E-state index contributed by atoms with van der Waals surface area (Å²) in [6.07, 6.45) is 1.33. The lowest BCUT2D eigenvalue weighted by atomic mass is 10.2. The highest BCUT2D eigenvalue weighted by molar-refractivity contribution is 7.12. The van der Waals surface area contributed by atoms with Crippen LogP contribution in [-0.2, 0) is 9.59 Å². The predicted octanol–water partition coefficient (Wildman–Crippen LogP) is 3.06. The van der Waals surface area contributed by atoms with E-state index in [9.17, 15) is 14.4 Å². The second kappa shape index (κ2) is 9.99. The Hall–Kier alpha value is -3.98. The molecule has 0 bridgehead atoms. The number of nitrogens with one attached hydrogen (secondary N) is 2. The van der Waals surface area contributed by atoms with Crippen LogP contribution in [0.3, 0.4) is 0 Å². The van der Waals surface area contributed by atoms with Gasteiger partial charge in [-0.25, -0.2) is 10.2 Å². The van der Waals surface area contributed by atoms with Gasteiger partial charge in [0.05, 0.1) is 13.3 Å². The minimum atomic E-state index is -0.928. The van der Waals surface area contributed by atoms with E-state index in [0.29, 0.717) is 27.6 Å². The first kappa shape index (κ1) is 20.7. The molecule has 9 heteroatoms. The standard InChI is InChI=1S/C21H17N3O5S/c1-28-16-9-7-15(8-10-16)23-19(25)20(26)24-22-13-14-4-2-5-17(12-14)29-21(27)18-6-3-11-30-18/h2-13H,1H3,(H,23,25)(H,24,26)/b22-13+. The van der Waals surface area contributed by atoms with Crippen LogP contribution >= 0.6 is 11.3 Å². The molecule has 0 atom stereocenters. The molecule has 0 saturated heterocycles. The van der Waals surface area contributed by atoms with Gasteiger partial charge in [-0.15, -0.1) is 11.3 Å². The molecule has 0 spiro atoms. The zero-order valence-corrected chi connectivity index (χ0v) is 16.6. The van der Waals surface area contributed by atoms with Gasteiger partial charge in [-0.1, -0.05) is 18.2 Å². The molecule has 8 nitrogen and oxygen atoms in total. The summed E-state index contributed by atoms with van der Waals surface area (Å²) in [6, 6.07) is 16.6. The maximum atomic E-state index is 12.0. The van der Waals surface area contributed by atoms with Crippen LogP contribution in [0.25, 0.3) is 0 Å². The summed E-state index contributed by atoms with van der Waals surface area (Å²) >= 11 is 1.28.